The Hall–Kier alpha value is -2.83. The SMILES string of the molecule is CCC(=O)CCCc1c[nH]c2cc(F)c(OCCOc3ccn(C)n3)cc12. The molecule has 7 heteroatoms. The van der Waals surface area contributed by atoms with E-state index in [1.54, 1.807) is 30.1 Å². The number of benzene rings is 1. The summed E-state index contributed by atoms with van der Waals surface area (Å²) in [6.45, 7) is 2.36. The molecule has 0 saturated carbocycles. The molecule has 0 bridgehead atoms. The van der Waals surface area contributed by atoms with Gasteiger partial charge in [-0.1, -0.05) is 6.92 Å². The standard InChI is InChI=1S/C20H24FN3O3/c1-3-15(25)6-4-5-14-13-22-18-12-17(21)19(11-16(14)18)26-9-10-27-20-7-8-24(2)23-20/h7-8,11-13,22H,3-6,9-10H2,1-2H3. The minimum atomic E-state index is -0.421. The molecule has 3 aromatic rings. The number of fused-ring (bicyclic) bond motifs is 1. The largest absolute Gasteiger partial charge is 0.487 e. The molecule has 0 spiro atoms. The van der Waals surface area contributed by atoms with Crippen molar-refractivity contribution >= 4 is 16.7 Å². The van der Waals surface area contributed by atoms with E-state index in [-0.39, 0.29) is 24.7 Å². The predicted molar refractivity (Wildman–Crippen MR) is 101 cm³/mol. The van der Waals surface area contributed by atoms with Crippen LogP contribution < -0.4 is 9.47 Å². The van der Waals surface area contributed by atoms with E-state index >= 15 is 0 Å². The maximum absolute atomic E-state index is 14.2. The molecule has 0 saturated heterocycles. The minimum absolute atomic E-state index is 0.192. The van der Waals surface area contributed by atoms with Crippen molar-refractivity contribution in [3.63, 3.8) is 0 Å². The van der Waals surface area contributed by atoms with Gasteiger partial charge in [-0.3, -0.25) is 9.48 Å². The van der Waals surface area contributed by atoms with Gasteiger partial charge in [-0.25, -0.2) is 4.39 Å². The van der Waals surface area contributed by atoms with Crippen LogP contribution in [0.2, 0.25) is 0 Å². The molecule has 0 unspecified atom stereocenters. The van der Waals surface area contributed by atoms with Gasteiger partial charge in [-0.15, -0.1) is 5.10 Å². The van der Waals surface area contributed by atoms with Gasteiger partial charge in [0.2, 0.25) is 5.88 Å². The lowest BCUT2D eigenvalue weighted by atomic mass is 10.0. The van der Waals surface area contributed by atoms with Crippen molar-refractivity contribution in [3.05, 3.63) is 42.0 Å². The van der Waals surface area contributed by atoms with Crippen LogP contribution >= 0.6 is 0 Å². The van der Waals surface area contributed by atoms with E-state index in [9.17, 15) is 9.18 Å². The average molecular weight is 373 g/mol. The minimum Gasteiger partial charge on any atom is -0.487 e. The van der Waals surface area contributed by atoms with Gasteiger partial charge in [-0.2, -0.15) is 0 Å². The quantitative estimate of drug-likeness (QED) is 0.549. The average Bonchev–Trinajstić information content (AvgIpc) is 3.24. The van der Waals surface area contributed by atoms with Gasteiger partial charge in [0, 0.05) is 55.3 Å². The summed E-state index contributed by atoms with van der Waals surface area (Å²) in [6.07, 6.45) is 6.33. The van der Waals surface area contributed by atoms with Gasteiger partial charge in [0.1, 0.15) is 19.0 Å². The first-order valence-corrected chi connectivity index (χ1v) is 9.13. The summed E-state index contributed by atoms with van der Waals surface area (Å²) >= 11 is 0. The summed E-state index contributed by atoms with van der Waals surface area (Å²) in [4.78, 5) is 14.5. The maximum atomic E-state index is 14.2. The number of aryl methyl sites for hydroxylation is 2. The molecule has 1 N–H and O–H groups in total. The third-order valence-corrected chi connectivity index (χ3v) is 4.40. The maximum Gasteiger partial charge on any atom is 0.232 e. The lowest BCUT2D eigenvalue weighted by molar-refractivity contribution is -0.118. The molecule has 0 atom stereocenters. The highest BCUT2D eigenvalue weighted by molar-refractivity contribution is 5.85. The monoisotopic (exact) mass is 373 g/mol. The number of hydrogen-bond acceptors (Lipinski definition) is 4. The Bertz CT molecular complexity index is 916. The second-order valence-electron chi connectivity index (χ2n) is 6.41. The highest BCUT2D eigenvalue weighted by Crippen LogP contribution is 2.28. The zero-order chi connectivity index (χ0) is 19.2. The number of H-pyrrole nitrogens is 1. The van der Waals surface area contributed by atoms with E-state index in [4.69, 9.17) is 9.47 Å². The van der Waals surface area contributed by atoms with Gasteiger partial charge in [-0.05, 0) is 24.5 Å². The molecule has 0 aliphatic heterocycles. The number of nitrogens with zero attached hydrogens (tertiary/aromatic N) is 2. The Labute approximate surface area is 157 Å². The first-order chi connectivity index (χ1) is 13.1. The van der Waals surface area contributed by atoms with Crippen LogP contribution in [0.3, 0.4) is 0 Å². The van der Waals surface area contributed by atoms with Crippen molar-refractivity contribution in [2.45, 2.75) is 32.6 Å². The third kappa shape index (κ3) is 4.87. The summed E-state index contributed by atoms with van der Waals surface area (Å²) in [6, 6.07) is 4.89. The number of ether oxygens (including phenoxy) is 2. The molecule has 144 valence electrons. The van der Waals surface area contributed by atoms with Crippen LogP contribution in [-0.2, 0) is 18.3 Å². The second kappa shape index (κ2) is 8.70. The molecule has 2 heterocycles. The third-order valence-electron chi connectivity index (χ3n) is 4.40. The first kappa shape index (κ1) is 18.9. The smallest absolute Gasteiger partial charge is 0.232 e. The van der Waals surface area contributed by atoms with Crippen molar-refractivity contribution in [2.24, 2.45) is 7.05 Å². The van der Waals surface area contributed by atoms with E-state index in [0.717, 1.165) is 29.3 Å². The normalized spacial score (nSPS) is 11.1. The molecule has 3 rings (SSSR count). The first-order valence-electron chi connectivity index (χ1n) is 9.13. The zero-order valence-corrected chi connectivity index (χ0v) is 15.6. The van der Waals surface area contributed by atoms with Crippen molar-refractivity contribution < 1.29 is 18.7 Å². The molecule has 0 fully saturated rings. The van der Waals surface area contributed by atoms with Crippen molar-refractivity contribution in [3.8, 4) is 11.6 Å². The van der Waals surface area contributed by atoms with Crippen molar-refractivity contribution in [2.75, 3.05) is 13.2 Å². The Kier molecular flexibility index (Phi) is 6.11. The number of aromatic amines is 1. The zero-order valence-electron chi connectivity index (χ0n) is 15.6. The van der Waals surface area contributed by atoms with Crippen LogP contribution in [-0.4, -0.2) is 33.8 Å². The van der Waals surface area contributed by atoms with E-state index < -0.39 is 5.82 Å². The van der Waals surface area contributed by atoms with Gasteiger partial charge in [0.05, 0.1) is 0 Å². The number of Topliss-reactive ketones (excluding diaryl/α,β-unsaturated/α-hetero) is 1. The molecule has 2 aromatic heterocycles. The highest BCUT2D eigenvalue weighted by atomic mass is 19.1. The van der Waals surface area contributed by atoms with E-state index in [1.807, 2.05) is 13.1 Å². The number of rotatable bonds is 10. The van der Waals surface area contributed by atoms with Crippen molar-refractivity contribution in [1.29, 1.82) is 0 Å². The fourth-order valence-corrected chi connectivity index (χ4v) is 2.92. The number of hydrogen-bond donors (Lipinski definition) is 1. The van der Waals surface area contributed by atoms with Crippen molar-refractivity contribution in [1.82, 2.24) is 14.8 Å². The number of carbonyl (C=O) groups is 1. The summed E-state index contributed by atoms with van der Waals surface area (Å²) in [5.41, 5.74) is 1.78. The van der Waals surface area contributed by atoms with Crippen LogP contribution in [0, 0.1) is 5.82 Å². The van der Waals surface area contributed by atoms with Gasteiger partial charge < -0.3 is 14.5 Å². The molecular weight excluding hydrogens is 349 g/mol. The summed E-state index contributed by atoms with van der Waals surface area (Å²) < 4.78 is 26.9. The Morgan fingerprint density at radius 3 is 2.85 bits per heavy atom. The van der Waals surface area contributed by atoms with Crippen LogP contribution in [0.4, 0.5) is 4.39 Å². The summed E-state index contributed by atoms with van der Waals surface area (Å²) in [5, 5.41) is 5.02. The number of halogens is 1. The van der Waals surface area contributed by atoms with E-state index in [0.29, 0.717) is 18.7 Å². The van der Waals surface area contributed by atoms with Gasteiger partial charge in [0.25, 0.3) is 0 Å². The Morgan fingerprint density at radius 1 is 1.30 bits per heavy atom. The van der Waals surface area contributed by atoms with Crippen LogP contribution in [0.25, 0.3) is 10.9 Å². The highest BCUT2D eigenvalue weighted by Gasteiger charge is 2.11. The van der Waals surface area contributed by atoms with Gasteiger partial charge >= 0.3 is 0 Å². The number of aromatic nitrogens is 3. The lowest BCUT2D eigenvalue weighted by Crippen LogP contribution is -2.10. The molecule has 0 amide bonds. The van der Waals surface area contributed by atoms with Crippen LogP contribution in [0.15, 0.2) is 30.6 Å². The van der Waals surface area contributed by atoms with Gasteiger partial charge in [0.15, 0.2) is 11.6 Å². The summed E-state index contributed by atoms with van der Waals surface area (Å²) in [7, 11) is 1.81. The molecule has 0 aliphatic rings. The molecule has 6 nitrogen and oxygen atoms in total. The number of carbonyl (C=O) groups excluding carboxylic acids is 1. The van der Waals surface area contributed by atoms with E-state index in [1.165, 1.54) is 6.07 Å². The fraction of sp³-hybridized carbons (Fsp3) is 0.400. The van der Waals surface area contributed by atoms with E-state index in [2.05, 4.69) is 10.1 Å². The Morgan fingerprint density at radius 2 is 2.11 bits per heavy atom. The molecule has 27 heavy (non-hydrogen) atoms. The topological polar surface area (TPSA) is 69.1 Å². The Balaban J connectivity index is 1.60. The number of ketones is 1. The predicted octanol–water partition coefficient (Wildman–Crippen LogP) is 3.80. The molecule has 0 aliphatic carbocycles. The summed E-state index contributed by atoms with van der Waals surface area (Å²) in [5.74, 6) is 0.539. The molecular formula is C20H24FN3O3. The molecule has 1 aromatic carbocycles. The second-order valence-corrected chi connectivity index (χ2v) is 6.41. The fourth-order valence-electron chi connectivity index (χ4n) is 2.92. The van der Waals surface area contributed by atoms with Crippen LogP contribution in [0.5, 0.6) is 11.6 Å². The lowest BCUT2D eigenvalue weighted by Gasteiger charge is -2.08. The molecule has 0 radical (unpaired) electrons. The van der Waals surface area contributed by atoms with Crippen LogP contribution in [0.1, 0.15) is 31.7 Å². The number of nitrogens with one attached hydrogen (secondary N) is 1.